The maximum Gasteiger partial charge on any atom is 0.244 e. The summed E-state index contributed by atoms with van der Waals surface area (Å²) in [6, 6.07) is 5.10. The van der Waals surface area contributed by atoms with Crippen LogP contribution in [0.3, 0.4) is 0 Å². The van der Waals surface area contributed by atoms with Crippen molar-refractivity contribution in [1.29, 1.82) is 0 Å². The van der Waals surface area contributed by atoms with Gasteiger partial charge >= 0.3 is 0 Å². The van der Waals surface area contributed by atoms with Gasteiger partial charge in [0.25, 0.3) is 0 Å². The summed E-state index contributed by atoms with van der Waals surface area (Å²) in [5, 5.41) is 12.0. The normalized spacial score (nSPS) is 11.8. The molecule has 0 aliphatic heterocycles. The number of halogens is 1. The van der Waals surface area contributed by atoms with Crippen LogP contribution in [-0.2, 0) is 16.6 Å². The molecule has 0 aliphatic carbocycles. The lowest BCUT2D eigenvalue weighted by Crippen LogP contribution is -2.34. The van der Waals surface area contributed by atoms with Crippen molar-refractivity contribution >= 4 is 26.0 Å². The highest BCUT2D eigenvalue weighted by Crippen LogP contribution is 2.26. The molecule has 20 heavy (non-hydrogen) atoms. The molecule has 2 N–H and O–H groups in total. The Hall–Kier alpha value is -0.730. The van der Waals surface area contributed by atoms with Crippen molar-refractivity contribution in [2.75, 3.05) is 26.7 Å². The standard InChI is InChI=1S/C13H19BrN2O3S/c1-3-6-16(7-8-17)20(18,19)13-5-4-11(10-15-2)9-12(13)14/h3-5,9,15,17H,1,6-8,10H2,2H3. The van der Waals surface area contributed by atoms with Crippen LogP contribution in [0.2, 0.25) is 0 Å². The number of rotatable bonds is 8. The van der Waals surface area contributed by atoms with Crippen LogP contribution in [0.25, 0.3) is 0 Å². The maximum atomic E-state index is 12.5. The van der Waals surface area contributed by atoms with Crippen molar-refractivity contribution in [3.8, 4) is 0 Å². The molecule has 0 amide bonds. The minimum Gasteiger partial charge on any atom is -0.395 e. The van der Waals surface area contributed by atoms with E-state index >= 15 is 0 Å². The van der Waals surface area contributed by atoms with E-state index in [-0.39, 0.29) is 24.6 Å². The van der Waals surface area contributed by atoms with Crippen molar-refractivity contribution in [1.82, 2.24) is 9.62 Å². The molecule has 0 unspecified atom stereocenters. The number of aliphatic hydroxyl groups is 1. The SMILES string of the molecule is C=CCN(CCO)S(=O)(=O)c1ccc(CNC)cc1Br. The third kappa shape index (κ3) is 4.13. The zero-order chi connectivity index (χ0) is 15.2. The molecule has 0 bridgehead atoms. The van der Waals surface area contributed by atoms with E-state index < -0.39 is 10.0 Å². The van der Waals surface area contributed by atoms with E-state index in [2.05, 4.69) is 27.8 Å². The minimum atomic E-state index is -3.65. The van der Waals surface area contributed by atoms with Crippen LogP contribution in [-0.4, -0.2) is 44.6 Å². The highest BCUT2D eigenvalue weighted by Gasteiger charge is 2.25. The fourth-order valence-electron chi connectivity index (χ4n) is 1.77. The van der Waals surface area contributed by atoms with Gasteiger partial charge in [-0.25, -0.2) is 8.42 Å². The molecule has 0 saturated heterocycles. The first-order valence-electron chi connectivity index (χ1n) is 6.12. The summed E-state index contributed by atoms with van der Waals surface area (Å²) >= 11 is 3.30. The predicted octanol–water partition coefficient (Wildman–Crippen LogP) is 1.34. The molecule has 0 heterocycles. The molecule has 5 nitrogen and oxygen atoms in total. The van der Waals surface area contributed by atoms with E-state index in [9.17, 15) is 8.42 Å². The van der Waals surface area contributed by atoms with Crippen molar-refractivity contribution in [3.05, 3.63) is 40.9 Å². The van der Waals surface area contributed by atoms with Crippen LogP contribution in [0.5, 0.6) is 0 Å². The summed E-state index contributed by atoms with van der Waals surface area (Å²) in [5.41, 5.74) is 0.982. The molecule has 0 radical (unpaired) electrons. The van der Waals surface area contributed by atoms with Gasteiger partial charge in [0.1, 0.15) is 0 Å². The Morgan fingerprint density at radius 3 is 2.70 bits per heavy atom. The van der Waals surface area contributed by atoms with Crippen molar-refractivity contribution in [2.45, 2.75) is 11.4 Å². The van der Waals surface area contributed by atoms with Crippen molar-refractivity contribution in [2.24, 2.45) is 0 Å². The first kappa shape index (κ1) is 17.3. The summed E-state index contributed by atoms with van der Waals surface area (Å²) in [7, 11) is -1.83. The van der Waals surface area contributed by atoms with E-state index in [1.165, 1.54) is 10.4 Å². The Morgan fingerprint density at radius 2 is 2.20 bits per heavy atom. The topological polar surface area (TPSA) is 69.6 Å². The highest BCUT2D eigenvalue weighted by atomic mass is 79.9. The van der Waals surface area contributed by atoms with Crippen LogP contribution in [0.1, 0.15) is 5.56 Å². The molecule has 0 aromatic heterocycles. The Morgan fingerprint density at radius 1 is 1.50 bits per heavy atom. The van der Waals surface area contributed by atoms with Gasteiger partial charge in [0.05, 0.1) is 11.5 Å². The average Bonchev–Trinajstić information content (AvgIpc) is 2.38. The van der Waals surface area contributed by atoms with Crippen LogP contribution < -0.4 is 5.32 Å². The molecule has 0 spiro atoms. The van der Waals surface area contributed by atoms with Crippen LogP contribution in [0.4, 0.5) is 0 Å². The second-order valence-electron chi connectivity index (χ2n) is 4.17. The fourth-order valence-corrected chi connectivity index (χ4v) is 4.26. The van der Waals surface area contributed by atoms with Crippen LogP contribution in [0.15, 0.2) is 40.2 Å². The lowest BCUT2D eigenvalue weighted by atomic mass is 10.2. The van der Waals surface area contributed by atoms with E-state index in [4.69, 9.17) is 5.11 Å². The van der Waals surface area contributed by atoms with E-state index in [1.54, 1.807) is 18.2 Å². The molecule has 1 rings (SSSR count). The summed E-state index contributed by atoms with van der Waals surface area (Å²) in [6.45, 7) is 4.17. The van der Waals surface area contributed by atoms with Gasteiger partial charge in [-0.05, 0) is 40.7 Å². The van der Waals surface area contributed by atoms with Gasteiger partial charge in [0.2, 0.25) is 10.0 Å². The quantitative estimate of drug-likeness (QED) is 0.684. The Balaban J connectivity index is 3.16. The summed E-state index contributed by atoms with van der Waals surface area (Å²) in [4.78, 5) is 0.188. The molecule has 1 aromatic carbocycles. The van der Waals surface area contributed by atoms with Gasteiger partial charge in [-0.1, -0.05) is 12.1 Å². The molecule has 1 aromatic rings. The molecule has 0 fully saturated rings. The summed E-state index contributed by atoms with van der Waals surface area (Å²) in [5.74, 6) is 0. The van der Waals surface area contributed by atoms with Crippen LogP contribution in [0, 0.1) is 0 Å². The molecule has 0 saturated carbocycles. The molecule has 7 heteroatoms. The monoisotopic (exact) mass is 362 g/mol. The van der Waals surface area contributed by atoms with Crippen molar-refractivity contribution in [3.63, 3.8) is 0 Å². The first-order valence-corrected chi connectivity index (χ1v) is 8.35. The zero-order valence-corrected chi connectivity index (χ0v) is 13.7. The fraction of sp³-hybridized carbons (Fsp3) is 0.385. The number of aliphatic hydroxyl groups excluding tert-OH is 1. The second-order valence-corrected chi connectivity index (χ2v) is 6.93. The third-order valence-electron chi connectivity index (χ3n) is 2.68. The number of benzene rings is 1. The average molecular weight is 363 g/mol. The lowest BCUT2D eigenvalue weighted by Gasteiger charge is -2.20. The molecule has 112 valence electrons. The van der Waals surface area contributed by atoms with Gasteiger partial charge in [-0.3, -0.25) is 0 Å². The van der Waals surface area contributed by atoms with E-state index in [1.807, 2.05) is 7.05 Å². The number of hydrogen-bond acceptors (Lipinski definition) is 4. The summed E-state index contributed by atoms with van der Waals surface area (Å²) < 4.78 is 26.8. The van der Waals surface area contributed by atoms with Gasteiger partial charge < -0.3 is 10.4 Å². The van der Waals surface area contributed by atoms with E-state index in [0.717, 1.165) is 5.56 Å². The first-order chi connectivity index (χ1) is 9.47. The Kier molecular flexibility index (Phi) is 6.84. The maximum absolute atomic E-state index is 12.5. The smallest absolute Gasteiger partial charge is 0.244 e. The third-order valence-corrected chi connectivity index (χ3v) is 5.52. The van der Waals surface area contributed by atoms with Gasteiger partial charge in [-0.15, -0.1) is 6.58 Å². The number of hydrogen-bond donors (Lipinski definition) is 2. The molecule has 0 atom stereocenters. The lowest BCUT2D eigenvalue weighted by molar-refractivity contribution is 0.260. The Labute approximate surface area is 128 Å². The number of sulfonamides is 1. The molecular formula is C13H19BrN2O3S. The second kappa shape index (κ2) is 7.90. The largest absolute Gasteiger partial charge is 0.395 e. The molecular weight excluding hydrogens is 344 g/mol. The predicted molar refractivity (Wildman–Crippen MR) is 82.9 cm³/mol. The van der Waals surface area contributed by atoms with E-state index in [0.29, 0.717) is 11.0 Å². The van der Waals surface area contributed by atoms with Gasteiger partial charge in [-0.2, -0.15) is 4.31 Å². The van der Waals surface area contributed by atoms with Crippen molar-refractivity contribution < 1.29 is 13.5 Å². The van der Waals surface area contributed by atoms with Gasteiger partial charge in [0, 0.05) is 24.1 Å². The highest BCUT2D eigenvalue weighted by molar-refractivity contribution is 9.10. The number of nitrogens with one attached hydrogen (secondary N) is 1. The number of nitrogens with zero attached hydrogens (tertiary/aromatic N) is 1. The zero-order valence-electron chi connectivity index (χ0n) is 11.3. The van der Waals surface area contributed by atoms with Crippen LogP contribution >= 0.6 is 15.9 Å². The van der Waals surface area contributed by atoms with Gasteiger partial charge in [0.15, 0.2) is 0 Å². The Bertz CT molecular complexity index is 561. The minimum absolute atomic E-state index is 0.0407. The molecule has 0 aliphatic rings. The summed E-state index contributed by atoms with van der Waals surface area (Å²) in [6.07, 6.45) is 1.50.